The van der Waals surface area contributed by atoms with Crippen LogP contribution in [0.5, 0.6) is 0 Å². The molecule has 2 heterocycles. The first kappa shape index (κ1) is 12.0. The maximum absolute atomic E-state index is 12.2. The summed E-state index contributed by atoms with van der Waals surface area (Å²) < 4.78 is 0. The fourth-order valence-corrected chi connectivity index (χ4v) is 2.98. The molecule has 0 aliphatic carbocycles. The summed E-state index contributed by atoms with van der Waals surface area (Å²) in [5, 5.41) is 9.26. The Morgan fingerprint density at radius 1 is 0.905 bits per heavy atom. The predicted octanol–water partition coefficient (Wildman–Crippen LogP) is 2.81. The number of nitrogens with one attached hydrogen (secondary N) is 3. The Bertz CT molecular complexity index is 832. The Labute approximate surface area is 121 Å². The number of aromatic nitrogens is 2. The van der Waals surface area contributed by atoms with Crippen molar-refractivity contribution in [2.75, 3.05) is 5.32 Å². The van der Waals surface area contributed by atoms with Crippen LogP contribution in [0.2, 0.25) is 0 Å². The Balaban J connectivity index is 1.93. The third-order valence-electron chi connectivity index (χ3n) is 4.00. The molecule has 1 atom stereocenters. The van der Waals surface area contributed by atoms with E-state index in [1.165, 1.54) is 5.56 Å². The first-order chi connectivity index (χ1) is 10.3. The average Bonchev–Trinajstić information content (AvgIpc) is 2.80. The maximum Gasteiger partial charge on any atom is 0.269 e. The van der Waals surface area contributed by atoms with Gasteiger partial charge in [0.05, 0.1) is 11.6 Å². The molecule has 4 nitrogen and oxygen atoms in total. The van der Waals surface area contributed by atoms with Crippen molar-refractivity contribution in [2.24, 2.45) is 0 Å². The number of fused-ring (bicyclic) bond motifs is 2. The fourth-order valence-electron chi connectivity index (χ4n) is 2.98. The van der Waals surface area contributed by atoms with E-state index in [1.54, 1.807) is 0 Å². The molecular formula is C17H15N3O. The van der Waals surface area contributed by atoms with Crippen molar-refractivity contribution < 1.29 is 0 Å². The minimum absolute atomic E-state index is 0.0563. The van der Waals surface area contributed by atoms with Gasteiger partial charge in [0.25, 0.3) is 5.56 Å². The zero-order chi connectivity index (χ0) is 14.2. The van der Waals surface area contributed by atoms with E-state index in [0.717, 1.165) is 28.9 Å². The first-order valence-corrected chi connectivity index (χ1v) is 7.02. The molecule has 0 bridgehead atoms. The highest BCUT2D eigenvalue weighted by Crippen LogP contribution is 2.33. The molecule has 0 amide bonds. The van der Waals surface area contributed by atoms with Gasteiger partial charge in [0.1, 0.15) is 0 Å². The van der Waals surface area contributed by atoms with Crippen LogP contribution in [0.3, 0.4) is 0 Å². The number of aromatic amines is 2. The standard InChI is InChI=1S/C17H15N3O/c21-17-15-14(19-20-17)10-12-8-4-5-9-13(12)18-16(15)11-6-2-1-3-7-11/h1-9,16,18H,10H2,(H2,19,20,21). The summed E-state index contributed by atoms with van der Waals surface area (Å²) >= 11 is 0. The molecule has 1 aliphatic rings. The zero-order valence-corrected chi connectivity index (χ0v) is 11.4. The molecule has 4 rings (SSSR count). The van der Waals surface area contributed by atoms with E-state index < -0.39 is 0 Å². The van der Waals surface area contributed by atoms with Crippen LogP contribution in [0.25, 0.3) is 0 Å². The minimum atomic E-state index is -0.139. The fraction of sp³-hybridized carbons (Fsp3) is 0.118. The summed E-state index contributed by atoms with van der Waals surface area (Å²) in [6.07, 6.45) is 0.723. The van der Waals surface area contributed by atoms with E-state index >= 15 is 0 Å². The number of hydrogen-bond donors (Lipinski definition) is 3. The van der Waals surface area contributed by atoms with Gasteiger partial charge in [-0.25, -0.2) is 0 Å². The van der Waals surface area contributed by atoms with Gasteiger partial charge in [-0.3, -0.25) is 9.89 Å². The molecule has 21 heavy (non-hydrogen) atoms. The minimum Gasteiger partial charge on any atom is -0.374 e. The molecule has 0 radical (unpaired) electrons. The Hall–Kier alpha value is -2.75. The number of rotatable bonds is 1. The number of anilines is 1. The SMILES string of the molecule is O=c1[nH][nH]c2c1C(c1ccccc1)Nc1ccccc1C2. The average molecular weight is 277 g/mol. The molecule has 0 saturated carbocycles. The lowest BCUT2D eigenvalue weighted by atomic mass is 9.99. The van der Waals surface area contributed by atoms with E-state index in [-0.39, 0.29) is 11.6 Å². The molecule has 1 aromatic heterocycles. The summed E-state index contributed by atoms with van der Waals surface area (Å²) in [6, 6.07) is 18.1. The summed E-state index contributed by atoms with van der Waals surface area (Å²) in [7, 11) is 0. The van der Waals surface area contributed by atoms with Crippen molar-refractivity contribution in [3.8, 4) is 0 Å². The van der Waals surface area contributed by atoms with E-state index in [1.807, 2.05) is 42.5 Å². The number of benzene rings is 2. The van der Waals surface area contributed by atoms with E-state index in [9.17, 15) is 4.79 Å². The summed E-state index contributed by atoms with van der Waals surface area (Å²) in [6.45, 7) is 0. The first-order valence-electron chi connectivity index (χ1n) is 7.02. The number of H-pyrrole nitrogens is 2. The van der Waals surface area contributed by atoms with Crippen LogP contribution >= 0.6 is 0 Å². The van der Waals surface area contributed by atoms with Crippen molar-refractivity contribution in [1.82, 2.24) is 10.2 Å². The predicted molar refractivity (Wildman–Crippen MR) is 82.6 cm³/mol. The normalized spacial score (nSPS) is 16.5. The van der Waals surface area contributed by atoms with E-state index in [4.69, 9.17) is 0 Å². The highest BCUT2D eigenvalue weighted by molar-refractivity contribution is 5.59. The molecule has 3 aromatic rings. The highest BCUT2D eigenvalue weighted by Gasteiger charge is 2.26. The highest BCUT2D eigenvalue weighted by atomic mass is 16.1. The van der Waals surface area contributed by atoms with Crippen LogP contribution < -0.4 is 10.9 Å². The van der Waals surface area contributed by atoms with E-state index in [0.29, 0.717) is 0 Å². The molecule has 0 spiro atoms. The van der Waals surface area contributed by atoms with Crippen molar-refractivity contribution in [2.45, 2.75) is 12.5 Å². The lowest BCUT2D eigenvalue weighted by Crippen LogP contribution is -2.19. The van der Waals surface area contributed by atoms with Crippen molar-refractivity contribution >= 4 is 5.69 Å². The van der Waals surface area contributed by atoms with E-state index in [2.05, 4.69) is 27.6 Å². The summed E-state index contributed by atoms with van der Waals surface area (Å²) in [5.41, 5.74) is 5.02. The summed E-state index contributed by atoms with van der Waals surface area (Å²) in [5.74, 6) is 0. The molecule has 0 saturated heterocycles. The van der Waals surface area contributed by atoms with Gasteiger partial charge < -0.3 is 10.4 Å². The van der Waals surface area contributed by atoms with Gasteiger partial charge in [-0.15, -0.1) is 0 Å². The molecule has 2 aromatic carbocycles. The molecule has 104 valence electrons. The third-order valence-corrected chi connectivity index (χ3v) is 4.00. The lowest BCUT2D eigenvalue weighted by molar-refractivity contribution is 0.925. The molecule has 0 fully saturated rings. The number of hydrogen-bond acceptors (Lipinski definition) is 2. The Morgan fingerprint density at radius 3 is 2.52 bits per heavy atom. The molecule has 4 heteroatoms. The van der Waals surface area contributed by atoms with Gasteiger partial charge in [-0.05, 0) is 17.2 Å². The molecule has 1 unspecified atom stereocenters. The van der Waals surface area contributed by atoms with Gasteiger partial charge in [-0.2, -0.15) is 0 Å². The largest absolute Gasteiger partial charge is 0.374 e. The zero-order valence-electron chi connectivity index (χ0n) is 11.4. The van der Waals surface area contributed by atoms with Crippen LogP contribution in [0.4, 0.5) is 5.69 Å². The van der Waals surface area contributed by atoms with Crippen LogP contribution in [0.1, 0.15) is 28.4 Å². The van der Waals surface area contributed by atoms with Crippen molar-refractivity contribution in [3.05, 3.63) is 87.3 Å². The van der Waals surface area contributed by atoms with Crippen LogP contribution in [-0.4, -0.2) is 10.2 Å². The maximum atomic E-state index is 12.2. The topological polar surface area (TPSA) is 60.7 Å². The molecular weight excluding hydrogens is 262 g/mol. The van der Waals surface area contributed by atoms with Crippen LogP contribution in [0.15, 0.2) is 59.4 Å². The van der Waals surface area contributed by atoms with Gasteiger partial charge in [0.15, 0.2) is 0 Å². The Kier molecular flexibility index (Phi) is 2.67. The lowest BCUT2D eigenvalue weighted by Gasteiger charge is -2.18. The second-order valence-corrected chi connectivity index (χ2v) is 5.29. The molecule has 1 aliphatic heterocycles. The second-order valence-electron chi connectivity index (χ2n) is 5.29. The third kappa shape index (κ3) is 1.96. The molecule has 3 N–H and O–H groups in total. The number of para-hydroxylation sites is 1. The van der Waals surface area contributed by atoms with Crippen LogP contribution in [-0.2, 0) is 6.42 Å². The van der Waals surface area contributed by atoms with Crippen molar-refractivity contribution in [1.29, 1.82) is 0 Å². The van der Waals surface area contributed by atoms with Crippen LogP contribution in [0, 0.1) is 0 Å². The van der Waals surface area contributed by atoms with Gasteiger partial charge in [-0.1, -0.05) is 48.5 Å². The van der Waals surface area contributed by atoms with Gasteiger partial charge in [0, 0.05) is 17.8 Å². The summed E-state index contributed by atoms with van der Waals surface area (Å²) in [4.78, 5) is 12.2. The smallest absolute Gasteiger partial charge is 0.269 e. The quantitative estimate of drug-likeness (QED) is 0.640. The second kappa shape index (κ2) is 4.66. The van der Waals surface area contributed by atoms with Crippen molar-refractivity contribution in [3.63, 3.8) is 0 Å². The Morgan fingerprint density at radius 2 is 1.67 bits per heavy atom. The van der Waals surface area contributed by atoms with Gasteiger partial charge in [0.2, 0.25) is 0 Å². The monoisotopic (exact) mass is 277 g/mol. The van der Waals surface area contributed by atoms with Gasteiger partial charge >= 0.3 is 0 Å².